The van der Waals surface area contributed by atoms with Crippen molar-refractivity contribution in [1.29, 1.82) is 0 Å². The fourth-order valence-corrected chi connectivity index (χ4v) is 2.56. The molecular weight excluding hydrogens is 332 g/mol. The van der Waals surface area contributed by atoms with Gasteiger partial charge in [-0.25, -0.2) is 9.97 Å². The van der Waals surface area contributed by atoms with Crippen LogP contribution in [0.4, 0.5) is 23.0 Å². The number of rotatable bonds is 6. The number of benzene rings is 1. The molecular formula is C18H20N6O2. The number of aryl methyl sites for hydroxylation is 1. The third-order valence-corrected chi connectivity index (χ3v) is 4.11. The summed E-state index contributed by atoms with van der Waals surface area (Å²) in [5, 5.41) is 18.7. The molecule has 1 unspecified atom stereocenters. The Kier molecular flexibility index (Phi) is 4.92. The maximum absolute atomic E-state index is 11.7. The highest BCUT2D eigenvalue weighted by atomic mass is 16.6. The Labute approximate surface area is 150 Å². The van der Waals surface area contributed by atoms with E-state index >= 15 is 0 Å². The van der Waals surface area contributed by atoms with Gasteiger partial charge in [0.25, 0.3) is 0 Å². The second-order valence-electron chi connectivity index (χ2n) is 6.09. The van der Waals surface area contributed by atoms with Gasteiger partial charge in [-0.05, 0) is 32.4 Å². The summed E-state index contributed by atoms with van der Waals surface area (Å²) < 4.78 is 0. The summed E-state index contributed by atoms with van der Waals surface area (Å²) in [4.78, 5) is 23.8. The highest BCUT2D eigenvalue weighted by molar-refractivity contribution is 5.93. The summed E-state index contributed by atoms with van der Waals surface area (Å²) in [7, 11) is 0. The zero-order chi connectivity index (χ0) is 18.7. The highest BCUT2D eigenvalue weighted by Gasteiger charge is 2.24. The minimum atomic E-state index is -0.475. The van der Waals surface area contributed by atoms with Crippen molar-refractivity contribution in [3.8, 4) is 0 Å². The number of hydrogen-bond acceptors (Lipinski definition) is 7. The number of anilines is 3. The van der Waals surface area contributed by atoms with Crippen molar-refractivity contribution in [2.75, 3.05) is 10.6 Å². The van der Waals surface area contributed by atoms with Crippen LogP contribution in [-0.4, -0.2) is 25.9 Å². The number of pyridine rings is 1. The second-order valence-corrected chi connectivity index (χ2v) is 6.09. The maximum Gasteiger partial charge on any atom is 0.353 e. The summed E-state index contributed by atoms with van der Waals surface area (Å²) in [5.41, 5.74) is 2.07. The van der Waals surface area contributed by atoms with Crippen molar-refractivity contribution < 1.29 is 4.92 Å². The van der Waals surface area contributed by atoms with Crippen LogP contribution in [0.5, 0.6) is 0 Å². The van der Waals surface area contributed by atoms with Crippen LogP contribution in [0.25, 0.3) is 10.9 Å². The zero-order valence-electron chi connectivity index (χ0n) is 14.9. The maximum atomic E-state index is 11.7. The lowest BCUT2D eigenvalue weighted by Gasteiger charge is -2.14. The Balaban J connectivity index is 2.07. The van der Waals surface area contributed by atoms with Crippen molar-refractivity contribution in [3.63, 3.8) is 0 Å². The number of nitrogens with zero attached hydrogens (tertiary/aromatic N) is 4. The molecule has 0 amide bonds. The zero-order valence-corrected chi connectivity index (χ0v) is 14.9. The summed E-state index contributed by atoms with van der Waals surface area (Å²) in [6.07, 6.45) is 2.13. The van der Waals surface area contributed by atoms with Crippen molar-refractivity contribution in [3.05, 3.63) is 52.5 Å². The van der Waals surface area contributed by atoms with Crippen LogP contribution < -0.4 is 10.6 Å². The van der Waals surface area contributed by atoms with Crippen LogP contribution in [-0.2, 0) is 0 Å². The van der Waals surface area contributed by atoms with Gasteiger partial charge in [-0.2, -0.15) is 0 Å². The Morgan fingerprint density at radius 1 is 1.19 bits per heavy atom. The Hall–Kier alpha value is -3.29. The quantitative estimate of drug-likeness (QED) is 0.506. The van der Waals surface area contributed by atoms with Crippen LogP contribution >= 0.6 is 0 Å². The molecule has 0 aliphatic carbocycles. The lowest BCUT2D eigenvalue weighted by molar-refractivity contribution is -0.383. The minimum absolute atomic E-state index is 0.0540. The number of para-hydroxylation sites is 1. The molecule has 2 heterocycles. The van der Waals surface area contributed by atoms with Crippen molar-refractivity contribution >= 4 is 33.9 Å². The van der Waals surface area contributed by atoms with E-state index in [1.165, 1.54) is 6.33 Å². The molecule has 0 aliphatic rings. The first-order valence-corrected chi connectivity index (χ1v) is 8.39. The average Bonchev–Trinajstić information content (AvgIpc) is 2.62. The first-order valence-electron chi connectivity index (χ1n) is 8.39. The molecule has 2 N–H and O–H groups in total. The number of aromatic nitrogens is 3. The smallest absolute Gasteiger partial charge is 0.353 e. The predicted molar refractivity (Wildman–Crippen MR) is 102 cm³/mol. The normalized spacial score (nSPS) is 12.0. The lowest BCUT2D eigenvalue weighted by atomic mass is 10.1. The third-order valence-electron chi connectivity index (χ3n) is 4.11. The number of nitro groups is 1. The van der Waals surface area contributed by atoms with E-state index in [9.17, 15) is 10.1 Å². The van der Waals surface area contributed by atoms with Crippen LogP contribution in [0.2, 0.25) is 0 Å². The number of hydrogen-bond donors (Lipinski definition) is 2. The Morgan fingerprint density at radius 3 is 2.69 bits per heavy atom. The summed E-state index contributed by atoms with van der Waals surface area (Å²) in [6.45, 7) is 5.84. The van der Waals surface area contributed by atoms with Crippen molar-refractivity contribution in [2.45, 2.75) is 33.2 Å². The lowest BCUT2D eigenvalue weighted by Crippen LogP contribution is -2.16. The Bertz CT molecular complexity index is 960. The van der Waals surface area contributed by atoms with Crippen LogP contribution in [0.15, 0.2) is 36.7 Å². The van der Waals surface area contributed by atoms with Gasteiger partial charge in [0.1, 0.15) is 6.33 Å². The van der Waals surface area contributed by atoms with Gasteiger partial charge in [0, 0.05) is 17.1 Å². The third kappa shape index (κ3) is 3.53. The number of nitrogens with one attached hydrogen (secondary N) is 2. The number of fused-ring (bicyclic) bond motifs is 1. The second kappa shape index (κ2) is 7.30. The molecule has 0 spiro atoms. The van der Waals surface area contributed by atoms with E-state index in [0.717, 1.165) is 23.0 Å². The van der Waals surface area contributed by atoms with Gasteiger partial charge in [-0.3, -0.25) is 15.1 Å². The molecule has 1 atom stereocenters. The van der Waals surface area contributed by atoms with Gasteiger partial charge >= 0.3 is 5.69 Å². The minimum Gasteiger partial charge on any atom is -0.362 e. The van der Waals surface area contributed by atoms with Gasteiger partial charge in [0.2, 0.25) is 11.6 Å². The van der Waals surface area contributed by atoms with E-state index in [0.29, 0.717) is 5.69 Å². The van der Waals surface area contributed by atoms with E-state index in [1.54, 1.807) is 0 Å². The van der Waals surface area contributed by atoms with Crippen LogP contribution in [0.1, 0.15) is 26.0 Å². The van der Waals surface area contributed by atoms with E-state index in [1.807, 2.05) is 51.1 Å². The molecule has 0 saturated heterocycles. The van der Waals surface area contributed by atoms with Gasteiger partial charge in [-0.1, -0.05) is 25.1 Å². The molecule has 0 radical (unpaired) electrons. The molecule has 3 rings (SSSR count). The Morgan fingerprint density at radius 2 is 1.96 bits per heavy atom. The molecule has 0 fully saturated rings. The van der Waals surface area contributed by atoms with Crippen molar-refractivity contribution in [1.82, 2.24) is 15.0 Å². The van der Waals surface area contributed by atoms with Crippen molar-refractivity contribution in [2.24, 2.45) is 0 Å². The first kappa shape index (κ1) is 17.5. The predicted octanol–water partition coefficient (Wildman–Crippen LogP) is 4.20. The van der Waals surface area contributed by atoms with Crippen LogP contribution in [0.3, 0.4) is 0 Å². The molecule has 1 aromatic carbocycles. The average molecular weight is 352 g/mol. The van der Waals surface area contributed by atoms with Gasteiger partial charge < -0.3 is 10.6 Å². The highest BCUT2D eigenvalue weighted by Crippen LogP contribution is 2.33. The molecule has 26 heavy (non-hydrogen) atoms. The van der Waals surface area contributed by atoms with E-state index in [2.05, 4.69) is 25.6 Å². The fourth-order valence-electron chi connectivity index (χ4n) is 2.56. The standard InChI is InChI=1S/C18H20N6O2/c1-4-11(2)22-17-16(24(25)26)18(20-10-19-17)23-14-7-5-6-13-9-8-12(3)21-15(13)14/h5-11H,4H2,1-3H3,(H2,19,20,22,23). The SMILES string of the molecule is CCC(C)Nc1ncnc(Nc2cccc3ccc(C)nc23)c1[N+](=O)[O-]. The molecule has 0 saturated carbocycles. The van der Waals surface area contributed by atoms with Crippen LogP contribution in [0, 0.1) is 17.0 Å². The van der Waals surface area contributed by atoms with E-state index in [4.69, 9.17) is 0 Å². The first-order chi connectivity index (χ1) is 12.5. The summed E-state index contributed by atoms with van der Waals surface area (Å²) >= 11 is 0. The van der Waals surface area contributed by atoms with Gasteiger partial charge in [0.05, 0.1) is 16.1 Å². The molecule has 8 heteroatoms. The molecule has 3 aromatic rings. The summed E-state index contributed by atoms with van der Waals surface area (Å²) in [6, 6.07) is 9.58. The van der Waals surface area contributed by atoms with E-state index in [-0.39, 0.29) is 23.4 Å². The van der Waals surface area contributed by atoms with Gasteiger partial charge in [-0.15, -0.1) is 0 Å². The molecule has 0 aliphatic heterocycles. The molecule has 8 nitrogen and oxygen atoms in total. The fraction of sp³-hybridized carbons (Fsp3) is 0.278. The molecule has 2 aromatic heterocycles. The summed E-state index contributed by atoms with van der Waals surface area (Å²) in [5.74, 6) is 0.331. The van der Waals surface area contributed by atoms with E-state index < -0.39 is 4.92 Å². The van der Waals surface area contributed by atoms with Gasteiger partial charge in [0.15, 0.2) is 0 Å². The molecule has 0 bridgehead atoms. The molecule has 134 valence electrons. The topological polar surface area (TPSA) is 106 Å². The monoisotopic (exact) mass is 352 g/mol. The largest absolute Gasteiger partial charge is 0.362 e.